The van der Waals surface area contributed by atoms with Gasteiger partial charge in [0.25, 0.3) is 5.91 Å². The summed E-state index contributed by atoms with van der Waals surface area (Å²) in [4.78, 5) is 42.6. The number of nitrogens with one attached hydrogen (secondary N) is 1. The van der Waals surface area contributed by atoms with Crippen molar-refractivity contribution >= 4 is 23.4 Å². The van der Waals surface area contributed by atoms with Crippen LogP contribution >= 0.6 is 0 Å². The van der Waals surface area contributed by atoms with Crippen molar-refractivity contribution in [2.45, 2.75) is 0 Å². The van der Waals surface area contributed by atoms with Crippen LogP contribution in [0.1, 0.15) is 10.4 Å². The predicted octanol–water partition coefficient (Wildman–Crippen LogP) is 1.55. The summed E-state index contributed by atoms with van der Waals surface area (Å²) in [7, 11) is 3.17. The van der Waals surface area contributed by atoms with Gasteiger partial charge in [0.1, 0.15) is 5.75 Å². The molecule has 0 spiro atoms. The van der Waals surface area contributed by atoms with Gasteiger partial charge in [-0.05, 0) is 24.3 Å². The molecule has 0 atom stereocenters. The molecule has 3 rings (SSSR count). The summed E-state index contributed by atoms with van der Waals surface area (Å²) in [6, 6.07) is 16.3. The third-order valence-electron chi connectivity index (χ3n) is 5.20. The molecule has 1 aliphatic rings. The van der Waals surface area contributed by atoms with Gasteiger partial charge in [-0.3, -0.25) is 19.3 Å². The molecule has 2 aromatic rings. The van der Waals surface area contributed by atoms with Crippen molar-refractivity contribution < 1.29 is 19.1 Å². The molecule has 1 heterocycles. The lowest BCUT2D eigenvalue weighted by atomic mass is 10.2. The molecule has 3 amide bonds. The van der Waals surface area contributed by atoms with Crippen LogP contribution in [0.3, 0.4) is 0 Å². The first-order valence-corrected chi connectivity index (χ1v) is 10.2. The second-order valence-corrected chi connectivity index (χ2v) is 7.46. The van der Waals surface area contributed by atoms with Crippen molar-refractivity contribution in [3.05, 3.63) is 60.2 Å². The maximum Gasteiger partial charge on any atom is 0.253 e. The van der Waals surface area contributed by atoms with E-state index in [1.807, 2.05) is 40.1 Å². The van der Waals surface area contributed by atoms with Crippen LogP contribution < -0.4 is 10.1 Å². The van der Waals surface area contributed by atoms with E-state index in [4.69, 9.17) is 4.74 Å². The van der Waals surface area contributed by atoms with Crippen LogP contribution in [-0.2, 0) is 9.59 Å². The monoisotopic (exact) mass is 424 g/mol. The van der Waals surface area contributed by atoms with Crippen LogP contribution in [0.5, 0.6) is 5.75 Å². The third kappa shape index (κ3) is 6.29. The Kier molecular flexibility index (Phi) is 7.61. The zero-order chi connectivity index (χ0) is 22.2. The molecule has 0 unspecified atom stereocenters. The van der Waals surface area contributed by atoms with Gasteiger partial charge < -0.3 is 19.9 Å². The number of anilines is 1. The molecule has 1 saturated heterocycles. The van der Waals surface area contributed by atoms with E-state index in [1.54, 1.807) is 38.4 Å². The van der Waals surface area contributed by atoms with E-state index >= 15 is 0 Å². The van der Waals surface area contributed by atoms with Gasteiger partial charge in [-0.25, -0.2) is 0 Å². The molecule has 31 heavy (non-hydrogen) atoms. The van der Waals surface area contributed by atoms with Gasteiger partial charge in [0.15, 0.2) is 0 Å². The fourth-order valence-electron chi connectivity index (χ4n) is 3.39. The molecule has 0 bridgehead atoms. The van der Waals surface area contributed by atoms with Gasteiger partial charge in [-0.1, -0.05) is 24.3 Å². The van der Waals surface area contributed by atoms with Gasteiger partial charge in [0, 0.05) is 50.5 Å². The van der Waals surface area contributed by atoms with E-state index in [-0.39, 0.29) is 30.8 Å². The highest BCUT2D eigenvalue weighted by molar-refractivity contribution is 5.95. The van der Waals surface area contributed by atoms with Crippen molar-refractivity contribution in [3.63, 3.8) is 0 Å². The predicted molar refractivity (Wildman–Crippen MR) is 118 cm³/mol. The number of piperazine rings is 1. The number of hydrogen-bond donors (Lipinski definition) is 1. The van der Waals surface area contributed by atoms with E-state index in [9.17, 15) is 14.4 Å². The van der Waals surface area contributed by atoms with Crippen molar-refractivity contribution in [1.29, 1.82) is 0 Å². The number of rotatable bonds is 7. The Morgan fingerprint density at radius 2 is 1.71 bits per heavy atom. The molecule has 0 aliphatic carbocycles. The lowest BCUT2D eigenvalue weighted by Crippen LogP contribution is -2.51. The van der Waals surface area contributed by atoms with E-state index in [2.05, 4.69) is 5.32 Å². The molecular weight excluding hydrogens is 396 g/mol. The van der Waals surface area contributed by atoms with Gasteiger partial charge in [-0.15, -0.1) is 0 Å². The first kappa shape index (κ1) is 22.3. The van der Waals surface area contributed by atoms with Gasteiger partial charge >= 0.3 is 0 Å². The van der Waals surface area contributed by atoms with Crippen molar-refractivity contribution in [1.82, 2.24) is 14.7 Å². The minimum absolute atomic E-state index is 0.0120. The summed E-state index contributed by atoms with van der Waals surface area (Å²) in [5.74, 6) is 0.246. The van der Waals surface area contributed by atoms with Crippen LogP contribution in [0.2, 0.25) is 0 Å². The number of ether oxygens (including phenoxy) is 1. The lowest BCUT2D eigenvalue weighted by molar-refractivity contribution is -0.134. The number of carbonyl (C=O) groups is 3. The SMILES string of the molecule is COc1cccc(NC(=O)CN(C)C(=O)CN2CCN(C(=O)c3ccccc3)CC2)c1. The number of likely N-dealkylation sites (N-methyl/N-ethyl adjacent to an activating group) is 1. The molecule has 1 N–H and O–H groups in total. The molecule has 0 aromatic heterocycles. The van der Waals surface area contributed by atoms with E-state index < -0.39 is 0 Å². The zero-order valence-electron chi connectivity index (χ0n) is 17.9. The number of benzene rings is 2. The number of carbonyl (C=O) groups excluding carboxylic acids is 3. The second-order valence-electron chi connectivity index (χ2n) is 7.46. The first-order valence-electron chi connectivity index (χ1n) is 10.2. The highest BCUT2D eigenvalue weighted by atomic mass is 16.5. The largest absolute Gasteiger partial charge is 0.497 e. The molecule has 8 heteroatoms. The highest BCUT2D eigenvalue weighted by Gasteiger charge is 2.24. The Bertz CT molecular complexity index is 911. The summed E-state index contributed by atoms with van der Waals surface area (Å²) in [6.07, 6.45) is 0. The zero-order valence-corrected chi connectivity index (χ0v) is 17.9. The molecule has 2 aromatic carbocycles. The number of hydrogen-bond acceptors (Lipinski definition) is 5. The third-order valence-corrected chi connectivity index (χ3v) is 5.20. The Morgan fingerprint density at radius 3 is 2.39 bits per heavy atom. The van der Waals surface area contributed by atoms with Crippen molar-refractivity contribution in [2.24, 2.45) is 0 Å². The van der Waals surface area contributed by atoms with Crippen LogP contribution in [0.15, 0.2) is 54.6 Å². The van der Waals surface area contributed by atoms with Crippen LogP contribution in [0.25, 0.3) is 0 Å². The molecule has 8 nitrogen and oxygen atoms in total. The first-order chi connectivity index (χ1) is 15.0. The Hall–Kier alpha value is -3.39. The Labute approximate surface area is 182 Å². The van der Waals surface area contributed by atoms with Gasteiger partial charge in [0.05, 0.1) is 20.2 Å². The normalized spacial score (nSPS) is 14.1. The maximum absolute atomic E-state index is 12.5. The summed E-state index contributed by atoms with van der Waals surface area (Å²) in [5.41, 5.74) is 1.29. The standard InChI is InChI=1S/C23H28N4O4/c1-25(16-21(28)24-19-9-6-10-20(15-19)31-2)22(29)17-26-11-13-27(14-12-26)23(30)18-7-4-3-5-8-18/h3-10,15H,11-14,16-17H2,1-2H3,(H,24,28). The minimum Gasteiger partial charge on any atom is -0.497 e. The fraction of sp³-hybridized carbons (Fsp3) is 0.348. The highest BCUT2D eigenvalue weighted by Crippen LogP contribution is 2.16. The molecule has 0 saturated carbocycles. The minimum atomic E-state index is -0.276. The maximum atomic E-state index is 12.5. The number of nitrogens with zero attached hydrogens (tertiary/aromatic N) is 3. The average molecular weight is 425 g/mol. The smallest absolute Gasteiger partial charge is 0.253 e. The lowest BCUT2D eigenvalue weighted by Gasteiger charge is -2.35. The van der Waals surface area contributed by atoms with E-state index in [0.29, 0.717) is 43.2 Å². The number of amides is 3. The summed E-state index contributed by atoms with van der Waals surface area (Å²) >= 11 is 0. The summed E-state index contributed by atoms with van der Waals surface area (Å²) < 4.78 is 5.14. The summed E-state index contributed by atoms with van der Waals surface area (Å²) in [6.45, 7) is 2.56. The second kappa shape index (κ2) is 10.6. The molecule has 1 aliphatic heterocycles. The topological polar surface area (TPSA) is 82.2 Å². The Morgan fingerprint density at radius 1 is 1.00 bits per heavy atom. The average Bonchev–Trinajstić information content (AvgIpc) is 2.79. The van der Waals surface area contributed by atoms with Gasteiger partial charge in [-0.2, -0.15) is 0 Å². The van der Waals surface area contributed by atoms with Crippen LogP contribution in [0, 0.1) is 0 Å². The molecule has 164 valence electrons. The van der Waals surface area contributed by atoms with Gasteiger partial charge in [0.2, 0.25) is 11.8 Å². The van der Waals surface area contributed by atoms with E-state index in [0.717, 1.165) is 0 Å². The van der Waals surface area contributed by atoms with Crippen molar-refractivity contribution in [2.75, 3.05) is 58.7 Å². The molecule has 0 radical (unpaired) electrons. The van der Waals surface area contributed by atoms with Crippen LogP contribution in [-0.4, -0.2) is 85.8 Å². The van der Waals surface area contributed by atoms with Crippen LogP contribution in [0.4, 0.5) is 5.69 Å². The molecule has 1 fully saturated rings. The van der Waals surface area contributed by atoms with Crippen molar-refractivity contribution in [3.8, 4) is 5.75 Å². The Balaban J connectivity index is 1.42. The summed E-state index contributed by atoms with van der Waals surface area (Å²) in [5, 5.41) is 2.77. The fourth-order valence-corrected chi connectivity index (χ4v) is 3.39. The van der Waals surface area contributed by atoms with E-state index in [1.165, 1.54) is 4.90 Å². The molecular formula is C23H28N4O4. The number of methoxy groups -OCH3 is 1. The quantitative estimate of drug-likeness (QED) is 0.729.